The maximum atomic E-state index is 12.4. The lowest BCUT2D eigenvalue weighted by molar-refractivity contribution is 0.0940. The first-order valence-electron chi connectivity index (χ1n) is 8.68. The topological polar surface area (TPSA) is 88.2 Å². The van der Waals surface area contributed by atoms with Crippen LogP contribution in [0, 0.1) is 0 Å². The largest absolute Gasteiger partial charge is 0.284 e. The third-order valence-corrected chi connectivity index (χ3v) is 5.77. The van der Waals surface area contributed by atoms with Crippen LogP contribution in [0.4, 0.5) is 0 Å². The third kappa shape index (κ3) is 4.32. The van der Waals surface area contributed by atoms with Crippen LogP contribution in [-0.2, 0) is 10.0 Å². The van der Waals surface area contributed by atoms with E-state index in [-0.39, 0.29) is 10.6 Å². The first-order valence-corrected chi connectivity index (χ1v) is 10.2. The summed E-state index contributed by atoms with van der Waals surface area (Å²) in [4.78, 5) is 18.7. The molecule has 2 N–H and O–H groups in total. The first-order chi connectivity index (χ1) is 12.9. The predicted molar refractivity (Wildman–Crippen MR) is 105 cm³/mol. The molecule has 1 aromatic heterocycles. The van der Waals surface area contributed by atoms with E-state index in [9.17, 15) is 13.2 Å². The molecule has 27 heavy (non-hydrogen) atoms. The summed E-state index contributed by atoms with van der Waals surface area (Å²) < 4.78 is 24.8. The summed E-state index contributed by atoms with van der Waals surface area (Å²) in [6.07, 6.45) is 0.971. The molecule has 2 aromatic carbocycles. The van der Waals surface area contributed by atoms with Crippen LogP contribution in [0.15, 0.2) is 65.6 Å². The predicted octanol–water partition coefficient (Wildman–Crippen LogP) is 3.37. The lowest BCUT2D eigenvalue weighted by Crippen LogP contribution is -2.41. The molecule has 0 aliphatic carbocycles. The third-order valence-electron chi connectivity index (χ3n) is 4.50. The van der Waals surface area contributed by atoms with E-state index in [1.807, 2.05) is 18.2 Å². The molecule has 140 valence electrons. The van der Waals surface area contributed by atoms with E-state index in [0.29, 0.717) is 11.4 Å². The molecule has 1 heterocycles. The molecule has 0 unspecified atom stereocenters. The van der Waals surface area contributed by atoms with Gasteiger partial charge < -0.3 is 0 Å². The Morgan fingerprint density at radius 3 is 2.44 bits per heavy atom. The van der Waals surface area contributed by atoms with Gasteiger partial charge in [-0.2, -0.15) is 0 Å². The molecule has 0 spiro atoms. The summed E-state index contributed by atoms with van der Waals surface area (Å²) in [7, 11) is -3.86. The Morgan fingerprint density at radius 1 is 1.04 bits per heavy atom. The van der Waals surface area contributed by atoms with Gasteiger partial charge in [0.2, 0.25) is 0 Å². The second kappa shape index (κ2) is 7.85. The summed E-state index contributed by atoms with van der Waals surface area (Å²) in [6, 6.07) is 17.3. The average Bonchev–Trinajstić information content (AvgIpc) is 2.71. The molecule has 6 nitrogen and oxygen atoms in total. The Hall–Kier alpha value is -2.77. The summed E-state index contributed by atoms with van der Waals surface area (Å²) >= 11 is 0. The number of hydrazine groups is 1. The molecule has 0 fully saturated rings. The lowest BCUT2D eigenvalue weighted by atomic mass is 9.99. The van der Waals surface area contributed by atoms with Gasteiger partial charge >= 0.3 is 0 Å². The first kappa shape index (κ1) is 19.0. The molecule has 7 heteroatoms. The highest BCUT2D eigenvalue weighted by Gasteiger charge is 2.17. The van der Waals surface area contributed by atoms with Gasteiger partial charge in [-0.3, -0.25) is 10.2 Å². The fourth-order valence-corrected chi connectivity index (χ4v) is 3.48. The summed E-state index contributed by atoms with van der Waals surface area (Å²) in [6.45, 7) is 4.16. The van der Waals surface area contributed by atoms with Crippen molar-refractivity contribution >= 4 is 26.8 Å². The van der Waals surface area contributed by atoms with Crippen molar-refractivity contribution in [3.05, 3.63) is 71.9 Å². The Balaban J connectivity index is 1.71. The Bertz CT molecular complexity index is 1060. The minimum Gasteiger partial charge on any atom is -0.272 e. The molecular formula is C20H21N3O3S. The van der Waals surface area contributed by atoms with Gasteiger partial charge in [0.15, 0.2) is 0 Å². The molecule has 0 aliphatic rings. The van der Waals surface area contributed by atoms with Crippen LogP contribution in [-0.4, -0.2) is 19.3 Å². The average molecular weight is 383 g/mol. The highest BCUT2D eigenvalue weighted by molar-refractivity contribution is 7.89. The molecule has 1 amide bonds. The zero-order chi connectivity index (χ0) is 19.4. The van der Waals surface area contributed by atoms with Gasteiger partial charge in [0.1, 0.15) is 5.69 Å². The maximum Gasteiger partial charge on any atom is 0.284 e. The van der Waals surface area contributed by atoms with Gasteiger partial charge in [-0.15, -0.1) is 4.83 Å². The van der Waals surface area contributed by atoms with Crippen LogP contribution >= 0.6 is 0 Å². The van der Waals surface area contributed by atoms with Crippen molar-refractivity contribution in [2.75, 3.05) is 0 Å². The molecule has 0 radical (unpaired) electrons. The Kier molecular flexibility index (Phi) is 5.53. The number of fused-ring (bicyclic) bond motifs is 1. The minimum atomic E-state index is -3.86. The fraction of sp³-hybridized carbons (Fsp3) is 0.200. The number of para-hydroxylation sites is 1. The number of rotatable bonds is 6. The van der Waals surface area contributed by atoms with E-state index in [4.69, 9.17) is 0 Å². The summed E-state index contributed by atoms with van der Waals surface area (Å²) in [5.74, 6) is -0.269. The van der Waals surface area contributed by atoms with Crippen LogP contribution in [0.25, 0.3) is 10.9 Å². The zero-order valence-corrected chi connectivity index (χ0v) is 16.0. The maximum absolute atomic E-state index is 12.4. The van der Waals surface area contributed by atoms with Crippen molar-refractivity contribution in [1.29, 1.82) is 0 Å². The number of carbonyl (C=O) groups is 1. The normalized spacial score (nSPS) is 12.7. The van der Waals surface area contributed by atoms with Crippen LogP contribution in [0.5, 0.6) is 0 Å². The monoisotopic (exact) mass is 383 g/mol. The van der Waals surface area contributed by atoms with Gasteiger partial charge in [-0.25, -0.2) is 13.4 Å². The number of hydrogen-bond donors (Lipinski definition) is 2. The number of nitrogens with zero attached hydrogens (tertiary/aromatic N) is 1. The van der Waals surface area contributed by atoms with Gasteiger partial charge in [-0.1, -0.05) is 50.2 Å². The standard InChI is InChI=1S/C20H21N3O3S/c1-3-14(2)15-8-11-17(12-9-15)27(25,26)23-22-20(24)19-13-10-16-6-4-5-7-18(16)21-19/h4-14,23H,3H2,1-2H3,(H,22,24)/t14-/m1/s1. The van der Waals surface area contributed by atoms with Crippen molar-refractivity contribution in [1.82, 2.24) is 15.2 Å². The number of sulfonamides is 1. The molecule has 3 rings (SSSR count). The van der Waals surface area contributed by atoms with Crippen molar-refractivity contribution in [2.24, 2.45) is 0 Å². The van der Waals surface area contributed by atoms with Gasteiger partial charge in [0.05, 0.1) is 10.4 Å². The Labute approximate surface area is 158 Å². The minimum absolute atomic E-state index is 0.0846. The van der Waals surface area contributed by atoms with E-state index < -0.39 is 15.9 Å². The lowest BCUT2D eigenvalue weighted by Gasteiger charge is -2.11. The molecule has 0 bridgehead atoms. The second-order valence-corrected chi connectivity index (χ2v) is 8.01. The number of hydrogen-bond acceptors (Lipinski definition) is 4. The number of pyridine rings is 1. The van der Waals surface area contributed by atoms with E-state index in [2.05, 4.69) is 29.1 Å². The van der Waals surface area contributed by atoms with Crippen LogP contribution in [0.3, 0.4) is 0 Å². The molecule has 0 saturated heterocycles. The molecule has 0 aliphatic heterocycles. The highest BCUT2D eigenvalue weighted by Crippen LogP contribution is 2.20. The van der Waals surface area contributed by atoms with Gasteiger partial charge in [-0.05, 0) is 42.2 Å². The van der Waals surface area contributed by atoms with Gasteiger partial charge in [0, 0.05) is 5.39 Å². The number of amides is 1. The van der Waals surface area contributed by atoms with E-state index in [1.54, 1.807) is 30.3 Å². The van der Waals surface area contributed by atoms with Crippen LogP contribution in [0.2, 0.25) is 0 Å². The Morgan fingerprint density at radius 2 is 1.74 bits per heavy atom. The number of carbonyl (C=O) groups excluding carboxylic acids is 1. The molecule has 0 saturated carbocycles. The van der Waals surface area contributed by atoms with Crippen LogP contribution in [0.1, 0.15) is 42.2 Å². The van der Waals surface area contributed by atoms with Crippen LogP contribution < -0.4 is 10.3 Å². The number of nitrogens with one attached hydrogen (secondary N) is 2. The smallest absolute Gasteiger partial charge is 0.272 e. The highest BCUT2D eigenvalue weighted by atomic mass is 32.2. The quantitative estimate of drug-likeness (QED) is 0.639. The van der Waals surface area contributed by atoms with Crippen molar-refractivity contribution in [2.45, 2.75) is 31.1 Å². The summed E-state index contributed by atoms with van der Waals surface area (Å²) in [5.41, 5.74) is 4.07. The van der Waals surface area contributed by atoms with E-state index in [0.717, 1.165) is 17.4 Å². The number of benzene rings is 2. The van der Waals surface area contributed by atoms with Crippen molar-refractivity contribution in [3.63, 3.8) is 0 Å². The molecular weight excluding hydrogens is 362 g/mol. The fourth-order valence-electron chi connectivity index (χ4n) is 2.64. The SMILES string of the molecule is CC[C@@H](C)c1ccc(S(=O)(=O)NNC(=O)c2ccc3ccccc3n2)cc1. The van der Waals surface area contributed by atoms with Gasteiger partial charge in [0.25, 0.3) is 15.9 Å². The second-order valence-electron chi connectivity index (χ2n) is 6.33. The van der Waals surface area contributed by atoms with E-state index >= 15 is 0 Å². The summed E-state index contributed by atoms with van der Waals surface area (Å²) in [5, 5.41) is 0.899. The number of aromatic nitrogens is 1. The van der Waals surface area contributed by atoms with E-state index in [1.165, 1.54) is 12.1 Å². The molecule has 1 atom stereocenters. The zero-order valence-electron chi connectivity index (χ0n) is 15.1. The molecule has 3 aromatic rings. The van der Waals surface area contributed by atoms with Crippen molar-refractivity contribution in [3.8, 4) is 0 Å². The van der Waals surface area contributed by atoms with Crippen molar-refractivity contribution < 1.29 is 13.2 Å².